The van der Waals surface area contributed by atoms with Gasteiger partial charge in [-0.3, -0.25) is 0 Å². The van der Waals surface area contributed by atoms with Gasteiger partial charge < -0.3 is 16.0 Å². The van der Waals surface area contributed by atoms with E-state index in [1.807, 2.05) is 0 Å². The summed E-state index contributed by atoms with van der Waals surface area (Å²) in [5.74, 6) is 1.65. The third-order valence-corrected chi connectivity index (χ3v) is 5.66. The van der Waals surface area contributed by atoms with Gasteiger partial charge in [0.2, 0.25) is 5.95 Å². The molecule has 28 heavy (non-hydrogen) atoms. The molecule has 152 valence electrons. The highest BCUT2D eigenvalue weighted by Gasteiger charge is 2.26. The molecule has 2 aromatic rings. The van der Waals surface area contributed by atoms with Gasteiger partial charge in [0, 0.05) is 18.0 Å². The van der Waals surface area contributed by atoms with Gasteiger partial charge in [0.15, 0.2) is 0 Å². The van der Waals surface area contributed by atoms with Gasteiger partial charge in [-0.15, -0.1) is 0 Å². The maximum absolute atomic E-state index is 6.07. The van der Waals surface area contributed by atoms with Gasteiger partial charge in [0.05, 0.1) is 5.69 Å². The number of nitrogens with two attached hydrogens (primary N) is 1. The molecule has 0 saturated carbocycles. The Morgan fingerprint density at radius 3 is 2.68 bits per heavy atom. The first kappa shape index (κ1) is 20.6. The standard InChI is InChI=1S/C23H35N5/c1-3-4-16-28(2)17-9-8-15-25-22-20-14-10-13-19(18-11-6-5-7-12-18)21(20)26-23(24)27-22/h5-7,11-12,19H,3-4,8-10,13-17H2,1-2H3,(H3,24,25,26,27). The molecule has 0 amide bonds. The third-order valence-electron chi connectivity index (χ3n) is 5.66. The molecule has 0 fully saturated rings. The summed E-state index contributed by atoms with van der Waals surface area (Å²) < 4.78 is 0. The zero-order valence-electron chi connectivity index (χ0n) is 17.5. The van der Waals surface area contributed by atoms with Gasteiger partial charge in [-0.2, -0.15) is 4.98 Å². The number of hydrogen-bond acceptors (Lipinski definition) is 5. The minimum atomic E-state index is 0.322. The molecule has 1 aromatic heterocycles. The summed E-state index contributed by atoms with van der Waals surface area (Å²) in [6, 6.07) is 10.7. The average molecular weight is 382 g/mol. The predicted octanol–water partition coefficient (Wildman–Crippen LogP) is 4.45. The van der Waals surface area contributed by atoms with E-state index in [1.54, 1.807) is 0 Å². The first-order valence-electron chi connectivity index (χ1n) is 10.8. The van der Waals surface area contributed by atoms with Gasteiger partial charge in [-0.1, -0.05) is 43.7 Å². The monoisotopic (exact) mass is 381 g/mol. The molecule has 5 nitrogen and oxygen atoms in total. The largest absolute Gasteiger partial charge is 0.370 e. The van der Waals surface area contributed by atoms with Crippen LogP contribution in [-0.2, 0) is 6.42 Å². The molecule has 1 aliphatic carbocycles. The van der Waals surface area contributed by atoms with Crippen LogP contribution in [0.4, 0.5) is 11.8 Å². The molecule has 1 unspecified atom stereocenters. The van der Waals surface area contributed by atoms with E-state index in [-0.39, 0.29) is 0 Å². The molecule has 1 atom stereocenters. The number of nitrogens with one attached hydrogen (secondary N) is 1. The second-order valence-corrected chi connectivity index (χ2v) is 7.94. The van der Waals surface area contributed by atoms with Crippen molar-refractivity contribution < 1.29 is 0 Å². The van der Waals surface area contributed by atoms with Gasteiger partial charge in [-0.25, -0.2) is 4.98 Å². The van der Waals surface area contributed by atoms with Crippen molar-refractivity contribution in [2.24, 2.45) is 0 Å². The van der Waals surface area contributed by atoms with Crippen LogP contribution in [0, 0.1) is 0 Å². The van der Waals surface area contributed by atoms with Crippen molar-refractivity contribution in [3.05, 3.63) is 47.2 Å². The fourth-order valence-corrected chi connectivity index (χ4v) is 4.08. The number of unbranched alkanes of at least 4 members (excludes halogenated alkanes) is 2. The van der Waals surface area contributed by atoms with E-state index < -0.39 is 0 Å². The van der Waals surface area contributed by atoms with Gasteiger partial charge in [-0.05, 0) is 64.2 Å². The lowest BCUT2D eigenvalue weighted by molar-refractivity contribution is 0.321. The highest BCUT2D eigenvalue weighted by Crippen LogP contribution is 2.38. The van der Waals surface area contributed by atoms with Gasteiger partial charge in [0.1, 0.15) is 5.82 Å². The van der Waals surface area contributed by atoms with Crippen molar-refractivity contribution >= 4 is 11.8 Å². The van der Waals surface area contributed by atoms with Crippen molar-refractivity contribution in [1.82, 2.24) is 14.9 Å². The van der Waals surface area contributed by atoms with Crippen LogP contribution in [0.15, 0.2) is 30.3 Å². The van der Waals surface area contributed by atoms with E-state index in [2.05, 4.69) is 64.5 Å². The lowest BCUT2D eigenvalue weighted by Gasteiger charge is -2.26. The van der Waals surface area contributed by atoms with Crippen LogP contribution in [0.5, 0.6) is 0 Å². The zero-order chi connectivity index (χ0) is 19.8. The Bertz CT molecular complexity index is 731. The van der Waals surface area contributed by atoms with Crippen LogP contribution in [-0.4, -0.2) is 41.5 Å². The molecular weight excluding hydrogens is 346 g/mol. The molecule has 5 heteroatoms. The Morgan fingerprint density at radius 2 is 1.89 bits per heavy atom. The van der Waals surface area contributed by atoms with Crippen molar-refractivity contribution in [1.29, 1.82) is 0 Å². The Kier molecular flexibility index (Phi) is 7.66. The summed E-state index contributed by atoms with van der Waals surface area (Å²) >= 11 is 0. The molecule has 0 saturated heterocycles. The summed E-state index contributed by atoms with van der Waals surface area (Å²) in [7, 11) is 2.22. The van der Waals surface area contributed by atoms with Crippen molar-refractivity contribution in [2.45, 2.75) is 57.8 Å². The van der Waals surface area contributed by atoms with E-state index in [9.17, 15) is 0 Å². The zero-order valence-corrected chi connectivity index (χ0v) is 17.5. The van der Waals surface area contributed by atoms with Crippen LogP contribution in [0.3, 0.4) is 0 Å². The Morgan fingerprint density at radius 1 is 1.11 bits per heavy atom. The molecule has 0 spiro atoms. The number of hydrogen-bond donors (Lipinski definition) is 2. The minimum Gasteiger partial charge on any atom is -0.370 e. The molecular formula is C23H35N5. The molecule has 3 rings (SSSR count). The Labute approximate surface area is 169 Å². The average Bonchev–Trinajstić information content (AvgIpc) is 2.72. The van der Waals surface area contributed by atoms with E-state index in [0.29, 0.717) is 11.9 Å². The maximum Gasteiger partial charge on any atom is 0.222 e. The summed E-state index contributed by atoms with van der Waals surface area (Å²) in [5.41, 5.74) is 9.77. The molecule has 0 bridgehead atoms. The van der Waals surface area contributed by atoms with E-state index in [0.717, 1.165) is 50.3 Å². The highest BCUT2D eigenvalue weighted by molar-refractivity contribution is 5.53. The fourth-order valence-electron chi connectivity index (χ4n) is 4.08. The summed E-state index contributed by atoms with van der Waals surface area (Å²) in [6.07, 6.45) is 8.19. The highest BCUT2D eigenvalue weighted by atomic mass is 15.1. The first-order chi connectivity index (χ1) is 13.7. The van der Waals surface area contributed by atoms with Crippen molar-refractivity contribution in [3.8, 4) is 0 Å². The number of fused-ring (bicyclic) bond motifs is 1. The molecule has 3 N–H and O–H groups in total. The van der Waals surface area contributed by atoms with Crippen molar-refractivity contribution in [3.63, 3.8) is 0 Å². The summed E-state index contributed by atoms with van der Waals surface area (Å²) in [5, 5.41) is 3.55. The molecule has 0 radical (unpaired) electrons. The lowest BCUT2D eigenvalue weighted by atomic mass is 9.82. The predicted molar refractivity (Wildman–Crippen MR) is 118 cm³/mol. The maximum atomic E-state index is 6.07. The number of anilines is 2. The van der Waals surface area contributed by atoms with Crippen LogP contribution in [0.25, 0.3) is 0 Å². The van der Waals surface area contributed by atoms with E-state index in [1.165, 1.54) is 36.9 Å². The third kappa shape index (κ3) is 5.44. The normalized spacial score (nSPS) is 16.2. The van der Waals surface area contributed by atoms with Crippen LogP contribution in [0.1, 0.15) is 68.2 Å². The molecule has 1 heterocycles. The number of aromatic nitrogens is 2. The van der Waals surface area contributed by atoms with Crippen LogP contribution >= 0.6 is 0 Å². The molecule has 1 aliphatic rings. The topological polar surface area (TPSA) is 67.1 Å². The van der Waals surface area contributed by atoms with Crippen molar-refractivity contribution in [2.75, 3.05) is 37.7 Å². The number of rotatable bonds is 10. The number of nitrogen functional groups attached to an aromatic ring is 1. The smallest absolute Gasteiger partial charge is 0.222 e. The lowest BCUT2D eigenvalue weighted by Crippen LogP contribution is -2.22. The van der Waals surface area contributed by atoms with E-state index in [4.69, 9.17) is 5.73 Å². The van der Waals surface area contributed by atoms with Gasteiger partial charge in [0.25, 0.3) is 0 Å². The van der Waals surface area contributed by atoms with Crippen LogP contribution in [0.2, 0.25) is 0 Å². The summed E-state index contributed by atoms with van der Waals surface area (Å²) in [6.45, 7) is 5.53. The minimum absolute atomic E-state index is 0.322. The number of nitrogens with zero attached hydrogens (tertiary/aromatic N) is 3. The second-order valence-electron chi connectivity index (χ2n) is 7.94. The molecule has 1 aromatic carbocycles. The summed E-state index contributed by atoms with van der Waals surface area (Å²) in [4.78, 5) is 11.6. The van der Waals surface area contributed by atoms with E-state index >= 15 is 0 Å². The SMILES string of the molecule is CCCCN(C)CCCCNc1nc(N)nc2c1CCCC2c1ccccc1. The second kappa shape index (κ2) is 10.4. The van der Waals surface area contributed by atoms with Gasteiger partial charge >= 0.3 is 0 Å². The first-order valence-corrected chi connectivity index (χ1v) is 10.8. The number of benzene rings is 1. The Balaban J connectivity index is 1.61. The Hall–Kier alpha value is -2.14. The van der Waals surface area contributed by atoms with Crippen LogP contribution < -0.4 is 11.1 Å². The quantitative estimate of drug-likeness (QED) is 0.595. The molecule has 0 aliphatic heterocycles. The fraction of sp³-hybridized carbons (Fsp3) is 0.565.